The third kappa shape index (κ3) is 2.45. The van der Waals surface area contributed by atoms with Crippen LogP contribution in [-0.4, -0.2) is 6.54 Å². The zero-order chi connectivity index (χ0) is 14.2. The van der Waals surface area contributed by atoms with Crippen molar-refractivity contribution in [2.75, 3.05) is 11.9 Å². The number of fused-ring (bicyclic) bond motifs is 1. The van der Waals surface area contributed by atoms with Crippen molar-refractivity contribution in [1.82, 2.24) is 0 Å². The first-order valence-corrected chi connectivity index (χ1v) is 7.47. The number of rotatable bonds is 1. The van der Waals surface area contributed by atoms with Crippen LogP contribution in [0, 0.1) is 11.3 Å². The van der Waals surface area contributed by atoms with Gasteiger partial charge in [0.15, 0.2) is 0 Å². The molecular formula is C19H23N. The molecular weight excluding hydrogens is 242 g/mol. The summed E-state index contributed by atoms with van der Waals surface area (Å²) in [5.74, 6) is 0.695. The Bertz CT molecular complexity index is 593. The third-order valence-electron chi connectivity index (χ3n) is 4.45. The molecule has 20 heavy (non-hydrogen) atoms. The van der Waals surface area contributed by atoms with Crippen molar-refractivity contribution >= 4 is 5.69 Å². The number of anilines is 1. The lowest BCUT2D eigenvalue weighted by molar-refractivity contribution is 0.247. The Labute approximate surface area is 122 Å². The maximum Gasteiger partial charge on any atom is 0.0452 e. The molecule has 2 aromatic carbocycles. The Morgan fingerprint density at radius 2 is 1.70 bits per heavy atom. The van der Waals surface area contributed by atoms with Gasteiger partial charge in [-0.25, -0.2) is 0 Å². The van der Waals surface area contributed by atoms with E-state index in [9.17, 15) is 0 Å². The number of nitrogens with one attached hydrogen (secondary N) is 1. The summed E-state index contributed by atoms with van der Waals surface area (Å²) >= 11 is 0. The van der Waals surface area contributed by atoms with Gasteiger partial charge < -0.3 is 5.32 Å². The standard InChI is InChI=1S/C19H23N/c1-19(2,3)16-12-15-10-7-11-17(18(15)20-13-16)14-8-5-4-6-9-14/h4-11,16,20H,12-13H2,1-3H3. The monoisotopic (exact) mass is 265 g/mol. The zero-order valence-electron chi connectivity index (χ0n) is 12.6. The molecule has 1 aliphatic rings. The van der Waals surface area contributed by atoms with E-state index in [-0.39, 0.29) is 0 Å². The van der Waals surface area contributed by atoms with Gasteiger partial charge in [-0.3, -0.25) is 0 Å². The van der Waals surface area contributed by atoms with E-state index in [0.717, 1.165) is 6.54 Å². The molecule has 1 nitrogen and oxygen atoms in total. The summed E-state index contributed by atoms with van der Waals surface area (Å²) in [5, 5.41) is 3.69. The maximum absolute atomic E-state index is 3.69. The molecule has 0 fully saturated rings. The van der Waals surface area contributed by atoms with Crippen LogP contribution < -0.4 is 5.32 Å². The fourth-order valence-corrected chi connectivity index (χ4v) is 3.01. The highest BCUT2D eigenvalue weighted by molar-refractivity contribution is 5.80. The van der Waals surface area contributed by atoms with Gasteiger partial charge in [0, 0.05) is 17.8 Å². The molecule has 0 radical (unpaired) electrons. The summed E-state index contributed by atoms with van der Waals surface area (Å²) in [6.07, 6.45) is 1.17. The number of benzene rings is 2. The van der Waals surface area contributed by atoms with E-state index in [1.165, 1.54) is 28.8 Å². The lowest BCUT2D eigenvalue weighted by atomic mass is 9.75. The van der Waals surface area contributed by atoms with Gasteiger partial charge in [-0.15, -0.1) is 0 Å². The summed E-state index contributed by atoms with van der Waals surface area (Å²) < 4.78 is 0. The Morgan fingerprint density at radius 1 is 0.950 bits per heavy atom. The molecule has 0 bridgehead atoms. The molecule has 0 saturated carbocycles. The maximum atomic E-state index is 3.69. The topological polar surface area (TPSA) is 12.0 Å². The number of hydrogen-bond acceptors (Lipinski definition) is 1. The molecule has 1 N–H and O–H groups in total. The highest BCUT2D eigenvalue weighted by atomic mass is 14.9. The highest BCUT2D eigenvalue weighted by Crippen LogP contribution is 2.39. The van der Waals surface area contributed by atoms with Crippen LogP contribution in [0.15, 0.2) is 48.5 Å². The Balaban J connectivity index is 1.99. The van der Waals surface area contributed by atoms with Crippen LogP contribution in [0.3, 0.4) is 0 Å². The van der Waals surface area contributed by atoms with Crippen LogP contribution in [0.4, 0.5) is 5.69 Å². The van der Waals surface area contributed by atoms with Crippen LogP contribution in [-0.2, 0) is 6.42 Å². The smallest absolute Gasteiger partial charge is 0.0452 e. The van der Waals surface area contributed by atoms with Crippen molar-refractivity contribution in [2.45, 2.75) is 27.2 Å². The van der Waals surface area contributed by atoms with Crippen molar-refractivity contribution in [1.29, 1.82) is 0 Å². The van der Waals surface area contributed by atoms with Crippen LogP contribution >= 0.6 is 0 Å². The molecule has 1 unspecified atom stereocenters. The van der Waals surface area contributed by atoms with Crippen molar-refractivity contribution in [3.8, 4) is 11.1 Å². The average molecular weight is 265 g/mol. The van der Waals surface area contributed by atoms with Gasteiger partial charge in [0.25, 0.3) is 0 Å². The first-order chi connectivity index (χ1) is 9.55. The first kappa shape index (κ1) is 13.2. The van der Waals surface area contributed by atoms with Gasteiger partial charge in [0.1, 0.15) is 0 Å². The van der Waals surface area contributed by atoms with Gasteiger partial charge in [-0.2, -0.15) is 0 Å². The largest absolute Gasteiger partial charge is 0.384 e. The van der Waals surface area contributed by atoms with E-state index in [1.54, 1.807) is 0 Å². The van der Waals surface area contributed by atoms with Crippen molar-refractivity contribution in [2.24, 2.45) is 11.3 Å². The lowest BCUT2D eigenvalue weighted by Gasteiger charge is -2.36. The van der Waals surface area contributed by atoms with Gasteiger partial charge in [-0.1, -0.05) is 69.3 Å². The summed E-state index contributed by atoms with van der Waals surface area (Å²) in [6, 6.07) is 17.3. The van der Waals surface area contributed by atoms with E-state index in [2.05, 4.69) is 74.6 Å². The second kappa shape index (κ2) is 4.97. The van der Waals surface area contributed by atoms with E-state index in [0.29, 0.717) is 11.3 Å². The zero-order valence-corrected chi connectivity index (χ0v) is 12.6. The van der Waals surface area contributed by atoms with Crippen molar-refractivity contribution < 1.29 is 0 Å². The van der Waals surface area contributed by atoms with E-state index in [1.807, 2.05) is 0 Å². The van der Waals surface area contributed by atoms with Crippen LogP contribution in [0.5, 0.6) is 0 Å². The van der Waals surface area contributed by atoms with Crippen LogP contribution in [0.1, 0.15) is 26.3 Å². The normalized spacial score (nSPS) is 18.2. The molecule has 1 aliphatic heterocycles. The highest BCUT2D eigenvalue weighted by Gasteiger charge is 2.29. The summed E-state index contributed by atoms with van der Waals surface area (Å²) in [5.41, 5.74) is 5.77. The quantitative estimate of drug-likeness (QED) is 0.766. The molecule has 2 aromatic rings. The third-order valence-corrected chi connectivity index (χ3v) is 4.45. The first-order valence-electron chi connectivity index (χ1n) is 7.47. The fraction of sp³-hybridized carbons (Fsp3) is 0.368. The Morgan fingerprint density at radius 3 is 2.40 bits per heavy atom. The van der Waals surface area contributed by atoms with Crippen LogP contribution in [0.25, 0.3) is 11.1 Å². The van der Waals surface area contributed by atoms with E-state index in [4.69, 9.17) is 0 Å². The summed E-state index contributed by atoms with van der Waals surface area (Å²) in [7, 11) is 0. The van der Waals surface area contributed by atoms with Crippen LogP contribution in [0.2, 0.25) is 0 Å². The number of hydrogen-bond donors (Lipinski definition) is 1. The summed E-state index contributed by atoms with van der Waals surface area (Å²) in [4.78, 5) is 0. The molecule has 104 valence electrons. The molecule has 1 atom stereocenters. The molecule has 1 heteroatoms. The predicted octanol–water partition coefficient (Wildman–Crippen LogP) is 4.98. The summed E-state index contributed by atoms with van der Waals surface area (Å²) in [6.45, 7) is 8.09. The molecule has 1 heterocycles. The Hall–Kier alpha value is -1.76. The second-order valence-electron chi connectivity index (χ2n) is 6.85. The minimum Gasteiger partial charge on any atom is -0.384 e. The minimum atomic E-state index is 0.355. The van der Waals surface area contributed by atoms with Gasteiger partial charge in [0.2, 0.25) is 0 Å². The fourth-order valence-electron chi connectivity index (χ4n) is 3.01. The minimum absolute atomic E-state index is 0.355. The van der Waals surface area contributed by atoms with E-state index >= 15 is 0 Å². The molecule has 0 saturated heterocycles. The molecule has 3 rings (SSSR count). The molecule has 0 amide bonds. The van der Waals surface area contributed by atoms with Gasteiger partial charge in [-0.05, 0) is 28.9 Å². The molecule has 0 aliphatic carbocycles. The average Bonchev–Trinajstić information content (AvgIpc) is 2.46. The van der Waals surface area contributed by atoms with E-state index < -0.39 is 0 Å². The van der Waals surface area contributed by atoms with Crippen molar-refractivity contribution in [3.63, 3.8) is 0 Å². The van der Waals surface area contributed by atoms with Crippen molar-refractivity contribution in [3.05, 3.63) is 54.1 Å². The molecule has 0 aromatic heterocycles. The predicted molar refractivity (Wildman–Crippen MR) is 87.0 cm³/mol. The number of para-hydroxylation sites is 1. The molecule has 0 spiro atoms. The second-order valence-corrected chi connectivity index (χ2v) is 6.85. The Kier molecular flexibility index (Phi) is 3.29. The van der Waals surface area contributed by atoms with Gasteiger partial charge in [0.05, 0.1) is 0 Å². The van der Waals surface area contributed by atoms with Gasteiger partial charge >= 0.3 is 0 Å². The lowest BCUT2D eigenvalue weighted by Crippen LogP contribution is -2.33. The SMILES string of the molecule is CC(C)(C)C1CNc2c(cccc2-c2ccccc2)C1.